The number of amidine groups is 1. The third-order valence-electron chi connectivity index (χ3n) is 5.00. The van der Waals surface area contributed by atoms with Crippen molar-refractivity contribution in [3.63, 3.8) is 0 Å². The molecule has 0 atom stereocenters. The molecule has 1 aliphatic rings. The number of hydrogen-bond acceptors (Lipinski definition) is 5. The predicted octanol–water partition coefficient (Wildman–Crippen LogP) is 7.65. The number of methoxy groups -OCH3 is 1. The van der Waals surface area contributed by atoms with Crippen molar-refractivity contribution in [3.8, 4) is 11.5 Å². The highest BCUT2D eigenvalue weighted by atomic mass is 79.9. The summed E-state index contributed by atoms with van der Waals surface area (Å²) in [6, 6.07) is 17.0. The zero-order valence-corrected chi connectivity index (χ0v) is 22.9. The fraction of sp³-hybridized carbons (Fsp3) is 0.120. The van der Waals surface area contributed by atoms with Crippen molar-refractivity contribution in [1.82, 2.24) is 5.32 Å². The van der Waals surface area contributed by atoms with Gasteiger partial charge < -0.3 is 14.8 Å². The lowest BCUT2D eigenvalue weighted by atomic mass is 10.2. The molecule has 1 N–H and O–H groups in total. The molecule has 1 saturated heterocycles. The van der Waals surface area contributed by atoms with E-state index in [1.54, 1.807) is 13.2 Å². The Kier molecular flexibility index (Phi) is 8.03. The number of aliphatic imine (C=N–C) groups is 1. The van der Waals surface area contributed by atoms with Crippen LogP contribution in [0.25, 0.3) is 6.08 Å². The molecule has 0 aromatic heterocycles. The fourth-order valence-electron chi connectivity index (χ4n) is 3.15. The third-order valence-corrected chi connectivity index (χ3v) is 7.55. The molecule has 1 aliphatic heterocycles. The molecular formula is C25H19Br2ClN2O3S. The number of nitrogens with zero attached hydrogens (tertiary/aromatic N) is 1. The molecule has 0 aliphatic carbocycles. The van der Waals surface area contributed by atoms with Crippen LogP contribution >= 0.6 is 55.2 Å². The van der Waals surface area contributed by atoms with Gasteiger partial charge in [-0.05, 0) is 72.3 Å². The average Bonchev–Trinajstić information content (AvgIpc) is 3.15. The Bertz CT molecular complexity index is 1330. The zero-order valence-electron chi connectivity index (χ0n) is 18.2. The standard InChI is InChI=1S/C25H19Br2ClN2O3S/c1-14-19(28)4-3-5-20(14)29-25-30-24(31)23(34-25)11-15-6-9-21(22(10-15)32-2)33-13-16-7-8-17(26)12-18(16)27/h3-12H,13H2,1-2H3,(H,29,30,31)/b23-11-. The minimum atomic E-state index is -0.206. The Morgan fingerprint density at radius 2 is 1.94 bits per heavy atom. The Balaban J connectivity index is 1.51. The van der Waals surface area contributed by atoms with Gasteiger partial charge >= 0.3 is 0 Å². The molecule has 1 fully saturated rings. The van der Waals surface area contributed by atoms with E-state index in [-0.39, 0.29) is 5.91 Å². The second kappa shape index (κ2) is 11.0. The number of ether oxygens (including phenoxy) is 2. The molecule has 3 aromatic carbocycles. The summed E-state index contributed by atoms with van der Waals surface area (Å²) in [5.41, 5.74) is 3.40. The predicted molar refractivity (Wildman–Crippen MR) is 146 cm³/mol. The molecule has 0 spiro atoms. The summed E-state index contributed by atoms with van der Waals surface area (Å²) < 4.78 is 13.4. The monoisotopic (exact) mass is 620 g/mol. The van der Waals surface area contributed by atoms with Crippen LogP contribution in [0.3, 0.4) is 0 Å². The number of rotatable bonds is 6. The minimum Gasteiger partial charge on any atom is -0.493 e. The summed E-state index contributed by atoms with van der Waals surface area (Å²) in [5.74, 6) is 0.985. The van der Waals surface area contributed by atoms with E-state index in [1.165, 1.54) is 11.8 Å². The summed E-state index contributed by atoms with van der Waals surface area (Å²) in [6.45, 7) is 2.27. The van der Waals surface area contributed by atoms with Crippen molar-refractivity contribution in [2.45, 2.75) is 13.5 Å². The van der Waals surface area contributed by atoms with E-state index < -0.39 is 0 Å². The quantitative estimate of drug-likeness (QED) is 0.287. The molecule has 1 heterocycles. The van der Waals surface area contributed by atoms with Gasteiger partial charge in [0.15, 0.2) is 16.7 Å². The smallest absolute Gasteiger partial charge is 0.264 e. The Labute approximate surface area is 223 Å². The second-order valence-corrected chi connectivity index (χ2v) is 10.5. The Morgan fingerprint density at radius 3 is 2.71 bits per heavy atom. The minimum absolute atomic E-state index is 0.206. The lowest BCUT2D eigenvalue weighted by Gasteiger charge is -2.12. The van der Waals surface area contributed by atoms with E-state index >= 15 is 0 Å². The van der Waals surface area contributed by atoms with E-state index in [2.05, 4.69) is 42.2 Å². The first-order chi connectivity index (χ1) is 16.3. The van der Waals surface area contributed by atoms with Crippen molar-refractivity contribution in [1.29, 1.82) is 0 Å². The third kappa shape index (κ3) is 5.86. The molecule has 0 radical (unpaired) electrons. The van der Waals surface area contributed by atoms with E-state index in [1.807, 2.05) is 61.5 Å². The molecule has 0 saturated carbocycles. The molecule has 9 heteroatoms. The van der Waals surface area contributed by atoms with Gasteiger partial charge in [-0.25, -0.2) is 4.99 Å². The fourth-order valence-corrected chi connectivity index (χ4v) is 5.31. The van der Waals surface area contributed by atoms with Gasteiger partial charge in [0.2, 0.25) is 0 Å². The lowest BCUT2D eigenvalue weighted by molar-refractivity contribution is -0.115. The van der Waals surface area contributed by atoms with Crippen molar-refractivity contribution in [3.05, 3.63) is 90.2 Å². The van der Waals surface area contributed by atoms with Crippen molar-refractivity contribution in [2.75, 3.05) is 7.11 Å². The van der Waals surface area contributed by atoms with Crippen LogP contribution in [-0.2, 0) is 11.4 Å². The number of amides is 1. The van der Waals surface area contributed by atoms with Crippen LogP contribution in [0.5, 0.6) is 11.5 Å². The zero-order chi connectivity index (χ0) is 24.2. The number of carbonyl (C=O) groups is 1. The summed E-state index contributed by atoms with van der Waals surface area (Å²) in [6.07, 6.45) is 1.80. The number of hydrogen-bond donors (Lipinski definition) is 1. The van der Waals surface area contributed by atoms with Gasteiger partial charge in [0.1, 0.15) is 6.61 Å². The summed E-state index contributed by atoms with van der Waals surface area (Å²) in [5, 5.41) is 3.95. The second-order valence-electron chi connectivity index (χ2n) is 7.30. The molecule has 3 aromatic rings. The van der Waals surface area contributed by atoms with Crippen LogP contribution in [0.4, 0.5) is 5.69 Å². The maximum atomic E-state index is 12.5. The van der Waals surface area contributed by atoms with E-state index in [0.717, 1.165) is 31.3 Å². The van der Waals surface area contributed by atoms with Gasteiger partial charge in [0.25, 0.3) is 5.91 Å². The maximum absolute atomic E-state index is 12.5. The van der Waals surface area contributed by atoms with Gasteiger partial charge in [-0.3, -0.25) is 4.79 Å². The summed E-state index contributed by atoms with van der Waals surface area (Å²) >= 11 is 14.5. The molecule has 174 valence electrons. The van der Waals surface area contributed by atoms with Gasteiger partial charge in [0.05, 0.1) is 17.7 Å². The maximum Gasteiger partial charge on any atom is 0.264 e. The van der Waals surface area contributed by atoms with Crippen LogP contribution in [0, 0.1) is 6.92 Å². The molecule has 1 amide bonds. The lowest BCUT2D eigenvalue weighted by Crippen LogP contribution is -2.19. The van der Waals surface area contributed by atoms with Gasteiger partial charge in [0, 0.05) is 19.5 Å². The molecule has 0 bridgehead atoms. The van der Waals surface area contributed by atoms with Crippen LogP contribution in [-0.4, -0.2) is 18.2 Å². The van der Waals surface area contributed by atoms with Gasteiger partial charge in [-0.15, -0.1) is 0 Å². The van der Waals surface area contributed by atoms with Gasteiger partial charge in [-0.1, -0.05) is 61.7 Å². The number of carbonyl (C=O) groups excluding carboxylic acids is 1. The topological polar surface area (TPSA) is 59.9 Å². The highest BCUT2D eigenvalue weighted by Gasteiger charge is 2.24. The molecule has 5 nitrogen and oxygen atoms in total. The number of halogens is 3. The number of nitrogens with one attached hydrogen (secondary N) is 1. The SMILES string of the molecule is COc1cc(/C=C2\SC(=Nc3cccc(Cl)c3C)NC2=O)ccc1OCc1ccc(Br)cc1Br. The highest BCUT2D eigenvalue weighted by Crippen LogP contribution is 2.34. The van der Waals surface area contributed by atoms with Crippen LogP contribution in [0.1, 0.15) is 16.7 Å². The highest BCUT2D eigenvalue weighted by molar-refractivity contribution is 9.11. The molecule has 0 unspecified atom stereocenters. The Hall–Kier alpha value is -2.26. The summed E-state index contributed by atoms with van der Waals surface area (Å²) in [4.78, 5) is 17.6. The molecular weight excluding hydrogens is 604 g/mol. The van der Waals surface area contributed by atoms with Crippen LogP contribution in [0.15, 0.2) is 73.4 Å². The molecule has 4 rings (SSSR count). The molecule has 34 heavy (non-hydrogen) atoms. The van der Waals surface area contributed by atoms with Gasteiger partial charge in [-0.2, -0.15) is 0 Å². The summed E-state index contributed by atoms with van der Waals surface area (Å²) in [7, 11) is 1.59. The number of thioether (sulfide) groups is 1. The Morgan fingerprint density at radius 1 is 1.12 bits per heavy atom. The van der Waals surface area contributed by atoms with Crippen molar-refractivity contribution in [2.24, 2.45) is 4.99 Å². The van der Waals surface area contributed by atoms with Crippen molar-refractivity contribution >= 4 is 78.1 Å². The first-order valence-electron chi connectivity index (χ1n) is 10.1. The normalized spacial score (nSPS) is 15.6. The van der Waals surface area contributed by atoms with E-state index in [0.29, 0.717) is 33.2 Å². The average molecular weight is 623 g/mol. The largest absolute Gasteiger partial charge is 0.493 e. The first kappa shape index (κ1) is 24.9. The van der Waals surface area contributed by atoms with Crippen molar-refractivity contribution < 1.29 is 14.3 Å². The number of benzene rings is 3. The van der Waals surface area contributed by atoms with Crippen LogP contribution < -0.4 is 14.8 Å². The van der Waals surface area contributed by atoms with E-state index in [9.17, 15) is 4.79 Å². The van der Waals surface area contributed by atoms with E-state index in [4.69, 9.17) is 21.1 Å². The first-order valence-corrected chi connectivity index (χ1v) is 12.9. The van der Waals surface area contributed by atoms with Crippen LogP contribution in [0.2, 0.25) is 5.02 Å².